The molecule has 0 aliphatic rings. The molecule has 6 nitrogen and oxygen atoms in total. The summed E-state index contributed by atoms with van der Waals surface area (Å²) in [5.74, 6) is 0.173. The van der Waals surface area contributed by atoms with Crippen LogP contribution in [0.5, 0.6) is 0 Å². The van der Waals surface area contributed by atoms with Crippen molar-refractivity contribution in [3.05, 3.63) is 27.3 Å². The van der Waals surface area contributed by atoms with Crippen molar-refractivity contribution in [2.45, 2.75) is 30.4 Å². The number of halogens is 1. The number of hydrogen-bond donors (Lipinski definition) is 0. The van der Waals surface area contributed by atoms with Crippen LogP contribution < -0.4 is 0 Å². The van der Waals surface area contributed by atoms with E-state index < -0.39 is 25.7 Å². The van der Waals surface area contributed by atoms with E-state index in [1.807, 2.05) is 0 Å². The van der Waals surface area contributed by atoms with E-state index in [0.29, 0.717) is 10.2 Å². The highest BCUT2D eigenvalue weighted by Gasteiger charge is 2.31. The van der Waals surface area contributed by atoms with Crippen LogP contribution in [0.1, 0.15) is 18.4 Å². The molecule has 0 aliphatic carbocycles. The van der Waals surface area contributed by atoms with Crippen LogP contribution in [0.15, 0.2) is 17.0 Å². The summed E-state index contributed by atoms with van der Waals surface area (Å²) in [6.45, 7) is 3.26. The van der Waals surface area contributed by atoms with Crippen LogP contribution in [0.3, 0.4) is 0 Å². The molecule has 0 saturated heterocycles. The van der Waals surface area contributed by atoms with Crippen LogP contribution >= 0.6 is 22.9 Å². The lowest BCUT2D eigenvalue weighted by Crippen LogP contribution is -2.19. The summed E-state index contributed by atoms with van der Waals surface area (Å²) in [4.78, 5) is 14.4. The van der Waals surface area contributed by atoms with E-state index in [1.165, 1.54) is 30.4 Å². The molecule has 0 saturated carbocycles. The quantitative estimate of drug-likeness (QED) is 0.469. The third-order valence-electron chi connectivity index (χ3n) is 3.12. The van der Waals surface area contributed by atoms with Gasteiger partial charge in [-0.25, -0.2) is 13.4 Å². The lowest BCUT2D eigenvalue weighted by molar-refractivity contribution is -0.387. The number of hydrogen-bond acceptors (Lipinski definition) is 6. The lowest BCUT2D eigenvalue weighted by Gasteiger charge is -2.11. The van der Waals surface area contributed by atoms with Gasteiger partial charge in [0.1, 0.15) is 4.90 Å². The molecule has 0 aliphatic heterocycles. The summed E-state index contributed by atoms with van der Waals surface area (Å²) < 4.78 is 25.6. The van der Waals surface area contributed by atoms with Gasteiger partial charge in [0.05, 0.1) is 25.4 Å². The van der Waals surface area contributed by atoms with Crippen molar-refractivity contribution in [1.82, 2.24) is 4.98 Å². The molecule has 1 heterocycles. The van der Waals surface area contributed by atoms with E-state index in [2.05, 4.69) is 4.98 Å². The summed E-state index contributed by atoms with van der Waals surface area (Å²) in [6, 6.07) is 2.57. The molecule has 21 heavy (non-hydrogen) atoms. The number of nitro benzene ring substituents is 1. The number of aromatic nitrogens is 1. The standard InChI is InChI=1S/C12H13ClN2O4S2/c1-7(3-4-13)21(18,19)12-5-9-11(20-8(2)14-9)6-10(12)15(16)17/h5-7H,3-4H2,1-2H3. The van der Waals surface area contributed by atoms with Crippen LogP contribution in [0.4, 0.5) is 5.69 Å². The van der Waals surface area contributed by atoms with Crippen molar-refractivity contribution < 1.29 is 13.3 Å². The summed E-state index contributed by atoms with van der Waals surface area (Å²) in [7, 11) is -3.82. The predicted molar refractivity (Wildman–Crippen MR) is 83.0 cm³/mol. The van der Waals surface area contributed by atoms with Gasteiger partial charge in [0.25, 0.3) is 5.69 Å². The number of nitro groups is 1. The van der Waals surface area contributed by atoms with Gasteiger partial charge in [0.2, 0.25) is 0 Å². The smallest absolute Gasteiger partial charge is 0.258 e. The maximum atomic E-state index is 12.5. The number of alkyl halides is 1. The normalized spacial score (nSPS) is 13.5. The van der Waals surface area contributed by atoms with Gasteiger partial charge >= 0.3 is 0 Å². The second-order valence-electron chi connectivity index (χ2n) is 4.61. The Bertz CT molecular complexity index is 801. The third kappa shape index (κ3) is 3.02. The first kappa shape index (κ1) is 16.1. The van der Waals surface area contributed by atoms with Gasteiger partial charge in [-0.3, -0.25) is 10.1 Å². The van der Waals surface area contributed by atoms with E-state index in [4.69, 9.17) is 11.6 Å². The fraction of sp³-hybridized carbons (Fsp3) is 0.417. The first-order valence-electron chi connectivity index (χ1n) is 6.12. The minimum absolute atomic E-state index is 0.173. The Morgan fingerprint density at radius 2 is 2.14 bits per heavy atom. The molecule has 0 radical (unpaired) electrons. The SMILES string of the molecule is Cc1nc2cc(S(=O)(=O)C(C)CCCl)c([N+](=O)[O-])cc2s1. The number of sulfone groups is 1. The molecule has 0 spiro atoms. The average molecular weight is 349 g/mol. The van der Waals surface area contributed by atoms with Crippen LogP contribution in [-0.2, 0) is 9.84 Å². The van der Waals surface area contributed by atoms with Crippen molar-refractivity contribution in [2.24, 2.45) is 0 Å². The molecule has 9 heteroatoms. The lowest BCUT2D eigenvalue weighted by atomic mass is 10.3. The van der Waals surface area contributed by atoms with E-state index in [0.717, 1.165) is 5.01 Å². The molecular weight excluding hydrogens is 336 g/mol. The largest absolute Gasteiger partial charge is 0.289 e. The fourth-order valence-corrected chi connectivity index (χ4v) is 4.82. The van der Waals surface area contributed by atoms with Crippen molar-refractivity contribution in [2.75, 3.05) is 5.88 Å². The van der Waals surface area contributed by atoms with Gasteiger partial charge in [0.15, 0.2) is 9.84 Å². The Kier molecular flexibility index (Phi) is 4.50. The second kappa shape index (κ2) is 5.86. The molecule has 1 atom stereocenters. The molecule has 1 aromatic carbocycles. The zero-order chi connectivity index (χ0) is 15.8. The third-order valence-corrected chi connectivity index (χ3v) is 6.51. The van der Waals surface area contributed by atoms with Crippen molar-refractivity contribution >= 4 is 48.7 Å². The van der Waals surface area contributed by atoms with Crippen LogP contribution in [0.2, 0.25) is 0 Å². The van der Waals surface area contributed by atoms with E-state index in [9.17, 15) is 18.5 Å². The second-order valence-corrected chi connectivity index (χ2v) is 8.56. The first-order valence-corrected chi connectivity index (χ1v) is 9.02. The van der Waals surface area contributed by atoms with Crippen LogP contribution in [0.25, 0.3) is 10.2 Å². The Morgan fingerprint density at radius 1 is 1.48 bits per heavy atom. The van der Waals surface area contributed by atoms with Crippen LogP contribution in [-0.4, -0.2) is 29.5 Å². The minimum Gasteiger partial charge on any atom is -0.258 e. The van der Waals surface area contributed by atoms with Gasteiger partial charge in [-0.1, -0.05) is 0 Å². The number of aryl methyl sites for hydroxylation is 1. The molecule has 0 amide bonds. The fourth-order valence-electron chi connectivity index (χ4n) is 1.96. The van der Waals surface area contributed by atoms with E-state index in [1.54, 1.807) is 6.92 Å². The molecule has 114 valence electrons. The summed E-state index contributed by atoms with van der Waals surface area (Å²) in [5.41, 5.74) is 0.0484. The number of rotatable bonds is 5. The Hall–Kier alpha value is -1.25. The predicted octanol–water partition coefficient (Wildman–Crippen LogP) is 3.30. The van der Waals surface area contributed by atoms with Gasteiger partial charge in [-0.15, -0.1) is 22.9 Å². The van der Waals surface area contributed by atoms with Gasteiger partial charge in [0, 0.05) is 11.9 Å². The molecule has 0 fully saturated rings. The maximum Gasteiger partial charge on any atom is 0.289 e. The topological polar surface area (TPSA) is 90.2 Å². The molecule has 2 aromatic rings. The molecule has 0 bridgehead atoms. The zero-order valence-corrected chi connectivity index (χ0v) is 13.8. The van der Waals surface area contributed by atoms with Crippen LogP contribution in [0, 0.1) is 17.0 Å². The molecule has 2 rings (SSSR count). The van der Waals surface area contributed by atoms with Gasteiger partial charge in [-0.05, 0) is 26.3 Å². The number of thiazole rings is 1. The Morgan fingerprint density at radius 3 is 2.71 bits per heavy atom. The van der Waals surface area contributed by atoms with E-state index in [-0.39, 0.29) is 17.2 Å². The zero-order valence-electron chi connectivity index (χ0n) is 11.4. The highest BCUT2D eigenvalue weighted by molar-refractivity contribution is 7.92. The van der Waals surface area contributed by atoms with Gasteiger partial charge < -0.3 is 0 Å². The monoisotopic (exact) mass is 348 g/mol. The summed E-state index contributed by atoms with van der Waals surface area (Å²) in [6.07, 6.45) is 0.231. The number of fused-ring (bicyclic) bond motifs is 1. The van der Waals surface area contributed by atoms with Crippen molar-refractivity contribution in [3.8, 4) is 0 Å². The van der Waals surface area contributed by atoms with Crippen molar-refractivity contribution in [3.63, 3.8) is 0 Å². The average Bonchev–Trinajstić information content (AvgIpc) is 2.76. The van der Waals surface area contributed by atoms with E-state index >= 15 is 0 Å². The number of benzene rings is 1. The summed E-state index contributed by atoms with van der Waals surface area (Å²) in [5, 5.41) is 11.1. The molecule has 1 aromatic heterocycles. The minimum atomic E-state index is -3.82. The molecule has 1 unspecified atom stereocenters. The summed E-state index contributed by atoms with van der Waals surface area (Å²) >= 11 is 6.87. The molecular formula is C12H13ClN2O4S2. The highest BCUT2D eigenvalue weighted by atomic mass is 35.5. The van der Waals surface area contributed by atoms with Gasteiger partial charge in [-0.2, -0.15) is 0 Å². The number of nitrogens with zero attached hydrogens (tertiary/aromatic N) is 2. The Balaban J connectivity index is 2.71. The highest BCUT2D eigenvalue weighted by Crippen LogP contribution is 2.34. The maximum absolute atomic E-state index is 12.5. The van der Waals surface area contributed by atoms with Crippen molar-refractivity contribution in [1.29, 1.82) is 0 Å². The first-order chi connectivity index (χ1) is 9.77. The Labute approximate surface area is 130 Å². The molecule has 0 N–H and O–H groups in total.